The van der Waals surface area contributed by atoms with Crippen LogP contribution in [0, 0.1) is 19.7 Å². The normalized spacial score (nSPS) is 11.5. The number of phenols is 1. The van der Waals surface area contributed by atoms with Gasteiger partial charge in [-0.15, -0.1) is 13.1 Å². The first-order chi connectivity index (χ1) is 18.3. The van der Waals surface area contributed by atoms with E-state index in [1.54, 1.807) is 32.5 Å². The molecule has 3 aromatic carbocycles. The number of benzene rings is 3. The Hall–Kier alpha value is -3.35. The van der Waals surface area contributed by atoms with Crippen LogP contribution >= 0.6 is 0 Å². The maximum Gasteiger partial charge on any atom is 0.169 e. The Balaban J connectivity index is 0.00000420. The number of aromatic nitrogens is 2. The molecule has 4 rings (SSSR count). The molecule has 1 aromatic heterocycles. The predicted octanol–water partition coefficient (Wildman–Crippen LogP) is 6.42. The molecule has 0 fully saturated rings. The second-order valence-corrected chi connectivity index (χ2v) is 9.27. The molecule has 0 radical (unpaired) electrons. The maximum atomic E-state index is 13.9. The Kier molecular flexibility index (Phi) is 10.6. The van der Waals surface area contributed by atoms with Gasteiger partial charge < -0.3 is 29.2 Å². The minimum atomic E-state index is -0.324. The first kappa shape index (κ1) is 30.2. The second-order valence-electron chi connectivity index (χ2n) is 9.27. The van der Waals surface area contributed by atoms with Crippen molar-refractivity contribution in [1.29, 1.82) is 0 Å². The molecule has 1 atom stereocenters. The molecule has 1 unspecified atom stereocenters. The van der Waals surface area contributed by atoms with Crippen LogP contribution in [0.15, 0.2) is 60.9 Å². The maximum absolute atomic E-state index is 13.9. The van der Waals surface area contributed by atoms with Crippen LogP contribution in [-0.2, 0) is 34.2 Å². The number of ether oxygens (including phenoxy) is 3. The average molecular weight is 702 g/mol. The molecule has 1 heterocycles. The average Bonchev–Trinajstić information content (AvgIpc) is 3.29. The molecule has 9 heteroatoms. The van der Waals surface area contributed by atoms with E-state index in [2.05, 4.69) is 10.3 Å². The fourth-order valence-electron chi connectivity index (χ4n) is 4.36. The van der Waals surface area contributed by atoms with Gasteiger partial charge in [0.1, 0.15) is 23.1 Å². The second kappa shape index (κ2) is 13.6. The van der Waals surface area contributed by atoms with Crippen molar-refractivity contribution in [3.8, 4) is 34.1 Å². The molecule has 0 aliphatic rings. The Morgan fingerprint density at radius 1 is 0.974 bits per heavy atom. The first-order valence-electron chi connectivity index (χ1n) is 12.4. The summed E-state index contributed by atoms with van der Waals surface area (Å²) in [4.78, 5) is 4.28. The molecule has 0 saturated heterocycles. The largest absolute Gasteiger partial charge is 0.656 e. The number of hydrogen-bond acceptors (Lipinski definition) is 5. The van der Waals surface area contributed by atoms with Crippen LogP contribution in [0.1, 0.15) is 29.4 Å². The van der Waals surface area contributed by atoms with Gasteiger partial charge in [-0.2, -0.15) is 0 Å². The van der Waals surface area contributed by atoms with Crippen molar-refractivity contribution in [3.63, 3.8) is 0 Å². The molecule has 39 heavy (non-hydrogen) atoms. The third-order valence-corrected chi connectivity index (χ3v) is 6.30. The van der Waals surface area contributed by atoms with Crippen LogP contribution in [0.4, 0.5) is 4.39 Å². The summed E-state index contributed by atoms with van der Waals surface area (Å²) in [7, 11) is 3.22. The van der Waals surface area contributed by atoms with E-state index in [4.69, 9.17) is 14.2 Å². The third-order valence-electron chi connectivity index (χ3n) is 6.30. The Morgan fingerprint density at radius 3 is 2.31 bits per heavy atom. The van der Waals surface area contributed by atoms with Crippen molar-refractivity contribution in [2.75, 3.05) is 20.8 Å². The summed E-state index contributed by atoms with van der Waals surface area (Å²) in [6.45, 7) is 7.06. The summed E-state index contributed by atoms with van der Waals surface area (Å²) in [5, 5.41) is 15.7. The van der Waals surface area contributed by atoms with Gasteiger partial charge >= 0.3 is 0 Å². The van der Waals surface area contributed by atoms with E-state index in [1.165, 1.54) is 12.1 Å². The molecule has 0 bridgehead atoms. The molecule has 7 nitrogen and oxygen atoms in total. The van der Waals surface area contributed by atoms with Gasteiger partial charge in [0, 0.05) is 51.6 Å². The van der Waals surface area contributed by atoms with Crippen LogP contribution in [0.5, 0.6) is 23.0 Å². The van der Waals surface area contributed by atoms with E-state index < -0.39 is 0 Å². The monoisotopic (exact) mass is 702 g/mol. The number of phenolic OH excluding ortho intramolecular Hbond substituents is 1. The minimum Gasteiger partial charge on any atom is -0.656 e. The number of methoxy groups -OCH3 is 2. The molecule has 0 spiro atoms. The zero-order chi connectivity index (χ0) is 27.2. The number of rotatable bonds is 11. The standard InChI is InChI=1S/C30H33FN3O4.W/c1-19-10-24(31)6-7-27(19)28-13-23(18-34-9-8-33-21(34)3)14-29(35)30(28)38-20(2)16-32-17-22-11-25(36-4)15-26(12-22)37-5;/h6-15,20,35H,16-18H2,1-5H3;/q-1;. The van der Waals surface area contributed by atoms with Crippen LogP contribution in [0.3, 0.4) is 0 Å². The van der Waals surface area contributed by atoms with Gasteiger partial charge in [0.25, 0.3) is 0 Å². The number of halogens is 1. The summed E-state index contributed by atoms with van der Waals surface area (Å²) in [6, 6.07) is 13.9. The van der Waals surface area contributed by atoms with Crippen LogP contribution in [0.25, 0.3) is 16.4 Å². The van der Waals surface area contributed by atoms with Crippen molar-refractivity contribution in [2.24, 2.45) is 0 Å². The summed E-state index contributed by atoms with van der Waals surface area (Å²) >= 11 is 0. The van der Waals surface area contributed by atoms with Crippen molar-refractivity contribution in [3.05, 3.63) is 94.6 Å². The zero-order valence-corrected chi connectivity index (χ0v) is 25.7. The molecule has 0 amide bonds. The molecule has 4 aromatic rings. The fraction of sp³-hybridized carbons (Fsp3) is 0.300. The third kappa shape index (κ3) is 7.61. The topological polar surface area (TPSA) is 79.8 Å². The van der Waals surface area contributed by atoms with Crippen LogP contribution in [-0.4, -0.2) is 41.5 Å². The molecular weight excluding hydrogens is 669 g/mol. The number of hydrogen-bond donors (Lipinski definition) is 1. The van der Waals surface area contributed by atoms with Gasteiger partial charge in [-0.1, -0.05) is 11.6 Å². The van der Waals surface area contributed by atoms with Crippen molar-refractivity contribution in [2.45, 2.75) is 40.0 Å². The molecule has 1 N–H and O–H groups in total. The number of aromatic hydroxyl groups is 1. The zero-order valence-electron chi connectivity index (χ0n) is 22.8. The first-order valence-corrected chi connectivity index (χ1v) is 12.4. The molecule has 206 valence electrons. The summed E-state index contributed by atoms with van der Waals surface area (Å²) < 4.78 is 32.8. The molecule has 0 aliphatic heterocycles. The van der Waals surface area contributed by atoms with Crippen molar-refractivity contribution in [1.82, 2.24) is 9.55 Å². The van der Waals surface area contributed by atoms with E-state index in [0.29, 0.717) is 42.4 Å². The van der Waals surface area contributed by atoms with E-state index in [-0.39, 0.29) is 38.7 Å². The number of aryl methyl sites for hydroxylation is 2. The van der Waals surface area contributed by atoms with E-state index >= 15 is 0 Å². The van der Waals surface area contributed by atoms with Gasteiger partial charge in [0.2, 0.25) is 0 Å². The van der Waals surface area contributed by atoms with Gasteiger partial charge in [0.15, 0.2) is 11.5 Å². The Labute approximate surface area is 243 Å². The summed E-state index contributed by atoms with van der Waals surface area (Å²) in [5.74, 6) is 2.32. The van der Waals surface area contributed by atoms with Gasteiger partial charge in [-0.05, 0) is 73.9 Å². The van der Waals surface area contributed by atoms with E-state index in [9.17, 15) is 9.50 Å². The van der Waals surface area contributed by atoms with Gasteiger partial charge in [-0.3, -0.25) is 0 Å². The SMILES string of the molecule is COc1cc(C[N-]CC(C)Oc2c(O)cc(Cn3ccnc3C)cc2-c2ccc(F)cc2C)cc(OC)c1.[W]. The molecule has 0 saturated carbocycles. The molecular formula is C30H33FN3O4W-. The Morgan fingerprint density at radius 2 is 1.69 bits per heavy atom. The molecule has 0 aliphatic carbocycles. The van der Waals surface area contributed by atoms with Gasteiger partial charge in [-0.25, -0.2) is 9.37 Å². The Bertz CT molecular complexity index is 1390. The minimum absolute atomic E-state index is 0. The summed E-state index contributed by atoms with van der Waals surface area (Å²) in [6.07, 6.45) is 3.31. The van der Waals surface area contributed by atoms with Crippen molar-refractivity contribution >= 4 is 0 Å². The van der Waals surface area contributed by atoms with Crippen molar-refractivity contribution < 1.29 is 44.8 Å². The fourth-order valence-corrected chi connectivity index (χ4v) is 4.36. The quantitative estimate of drug-likeness (QED) is 0.196. The van der Waals surface area contributed by atoms with E-state index in [1.807, 2.05) is 55.8 Å². The number of nitrogens with zero attached hydrogens (tertiary/aromatic N) is 3. The van der Waals surface area contributed by atoms with E-state index in [0.717, 1.165) is 28.1 Å². The van der Waals surface area contributed by atoms with Crippen LogP contribution in [0.2, 0.25) is 0 Å². The van der Waals surface area contributed by atoms with Gasteiger partial charge in [0.05, 0.1) is 20.3 Å². The number of imidazole rings is 1. The summed E-state index contributed by atoms with van der Waals surface area (Å²) in [5.41, 5.74) is 4.06. The van der Waals surface area contributed by atoms with Crippen LogP contribution < -0.4 is 14.2 Å². The smallest absolute Gasteiger partial charge is 0.169 e. The predicted molar refractivity (Wildman–Crippen MR) is 146 cm³/mol.